The second kappa shape index (κ2) is 29.5. The number of nitrogens with one attached hydrogen (secondary N) is 7. The van der Waals surface area contributed by atoms with E-state index in [1.807, 2.05) is 24.3 Å². The molecule has 0 unspecified atom stereocenters. The predicted octanol–water partition coefficient (Wildman–Crippen LogP) is 3.06. The zero-order valence-corrected chi connectivity index (χ0v) is 42.8. The third-order valence-corrected chi connectivity index (χ3v) is 10.4. The second-order valence-corrected chi connectivity index (χ2v) is 19.7. The van der Waals surface area contributed by atoms with Crippen molar-refractivity contribution in [3.8, 4) is 11.1 Å². The van der Waals surface area contributed by atoms with Crippen LogP contribution in [0.3, 0.4) is 0 Å². The molecule has 0 radical (unpaired) electrons. The minimum Gasteiger partial charge on any atom is -0.444 e. The molecule has 0 aliphatic carbocycles. The summed E-state index contributed by atoms with van der Waals surface area (Å²) in [5.41, 5.74) is 18.7. The van der Waals surface area contributed by atoms with Gasteiger partial charge in [-0.15, -0.1) is 0 Å². The summed E-state index contributed by atoms with van der Waals surface area (Å²) >= 11 is 0. The first-order valence-electron chi connectivity index (χ1n) is 24.2. The van der Waals surface area contributed by atoms with Crippen molar-refractivity contribution in [2.45, 2.75) is 168 Å². The van der Waals surface area contributed by atoms with Crippen LogP contribution < -0.4 is 54.4 Å². The molecule has 0 saturated carbocycles. The molecule has 13 N–H and O–H groups in total. The Labute approximate surface area is 417 Å². The Morgan fingerprint density at radius 2 is 0.986 bits per heavy atom. The number of hydrogen-bond acceptors (Lipinski definition) is 13. The Balaban J connectivity index is 2.36. The van der Waals surface area contributed by atoms with Gasteiger partial charge in [-0.1, -0.05) is 63.6 Å². The van der Waals surface area contributed by atoms with E-state index in [9.17, 15) is 43.2 Å². The lowest BCUT2D eigenvalue weighted by Gasteiger charge is -2.26. The van der Waals surface area contributed by atoms with E-state index in [1.54, 1.807) is 67.5 Å². The van der Waals surface area contributed by atoms with Crippen LogP contribution in [-0.2, 0) is 44.7 Å². The summed E-state index contributed by atoms with van der Waals surface area (Å²) in [7, 11) is 0. The minimum absolute atomic E-state index is 0.0202. The number of ether oxygens (including phenoxy) is 2. The largest absolute Gasteiger partial charge is 0.444 e. The van der Waals surface area contributed by atoms with Gasteiger partial charge >= 0.3 is 12.2 Å². The van der Waals surface area contributed by atoms with Gasteiger partial charge in [0, 0.05) is 18.7 Å². The molecule has 0 fully saturated rings. The molecule has 0 heterocycles. The SMILES string of the molecule is CCCCc1ccc(-c2ccc(C(=O)N[C@@H](CCCCNC(=O)OC(C)(C)C)C(=O)N[C@@H](CCCCNC(=O)OC(C)(C)C)C(=O)N[C@@H](N)C(=O)N[C@@H](CC(C)C)C(=O)N[C@@H](N)C(=O)C(N)=O)cc2)cc1. The number of Topliss-reactive ketones (excluding diaryl/α,β-unsaturated/α-hetero) is 1. The molecule has 0 aromatic heterocycles. The first-order chi connectivity index (χ1) is 33.2. The number of carbonyl (C=O) groups is 9. The Bertz CT molecular complexity index is 2100. The molecule has 0 spiro atoms. The lowest BCUT2D eigenvalue weighted by molar-refractivity contribution is -0.139. The predicted molar refractivity (Wildman–Crippen MR) is 268 cm³/mol. The quantitative estimate of drug-likeness (QED) is 0.0333. The van der Waals surface area contributed by atoms with Crippen LogP contribution in [0.25, 0.3) is 11.1 Å². The standard InChI is InChI=1S/C50H78N10O11/c1-10-11-16-31-19-21-32(22-20-31)33-23-25-34(26-24-33)42(63)56-35(17-12-14-27-54-47(68)70-49(4,5)6)43(64)57-36(18-13-15-28-55-48(69)71-50(7,8)9)44(65)60-40(52)46(67)58-37(29-30(2)3)45(66)59-39(51)38(61)41(53)62/h19-26,30,35-37,39-40H,10-18,27-29,51-52H2,1-9H3,(H2,53,62)(H,54,68)(H,55,69)(H,56,63)(H,57,64)(H,58,67)(H,59,66)(H,60,65)/t35-,36-,37-,39+,40+/m0/s1. The Hall–Kier alpha value is -6.61. The molecular formula is C50H78N10O11. The molecule has 21 nitrogen and oxygen atoms in total. The fraction of sp³-hybridized carbons (Fsp3) is 0.580. The third-order valence-electron chi connectivity index (χ3n) is 10.4. The average molecular weight is 995 g/mol. The van der Waals surface area contributed by atoms with Gasteiger partial charge in [-0.25, -0.2) is 9.59 Å². The second-order valence-electron chi connectivity index (χ2n) is 19.7. The molecule has 21 heteroatoms. The van der Waals surface area contributed by atoms with Crippen LogP contribution in [0.15, 0.2) is 48.5 Å². The number of alkyl carbamates (subject to hydrolysis) is 2. The Morgan fingerprint density at radius 1 is 0.549 bits per heavy atom. The van der Waals surface area contributed by atoms with Crippen LogP contribution in [-0.4, -0.2) is 108 Å². The van der Waals surface area contributed by atoms with Crippen molar-refractivity contribution < 1.29 is 52.6 Å². The highest BCUT2D eigenvalue weighted by Crippen LogP contribution is 2.22. The first-order valence-corrected chi connectivity index (χ1v) is 24.2. The molecule has 394 valence electrons. The summed E-state index contributed by atoms with van der Waals surface area (Å²) in [6.45, 7) is 16.4. The molecular weight excluding hydrogens is 917 g/mol. The minimum atomic E-state index is -1.78. The van der Waals surface area contributed by atoms with E-state index < -0.39 is 95.1 Å². The Morgan fingerprint density at radius 3 is 1.45 bits per heavy atom. The fourth-order valence-electron chi connectivity index (χ4n) is 6.82. The number of primary amides is 1. The normalized spacial score (nSPS) is 13.5. The molecule has 8 amide bonds. The number of carbonyl (C=O) groups excluding carboxylic acids is 9. The van der Waals surface area contributed by atoms with Crippen molar-refractivity contribution in [2.75, 3.05) is 13.1 Å². The maximum atomic E-state index is 14.2. The summed E-state index contributed by atoms with van der Waals surface area (Å²) in [4.78, 5) is 116. The lowest BCUT2D eigenvalue weighted by atomic mass is 10.0. The number of rotatable bonds is 28. The van der Waals surface area contributed by atoms with Crippen LogP contribution in [0.1, 0.15) is 136 Å². The number of amides is 8. The molecule has 2 aromatic rings. The van der Waals surface area contributed by atoms with E-state index in [-0.39, 0.29) is 50.3 Å². The number of benzene rings is 2. The lowest BCUT2D eigenvalue weighted by Crippen LogP contribution is -2.62. The number of ketones is 1. The van der Waals surface area contributed by atoms with Crippen molar-refractivity contribution in [1.29, 1.82) is 0 Å². The summed E-state index contributed by atoms with van der Waals surface area (Å²) < 4.78 is 10.6. The highest BCUT2D eigenvalue weighted by Gasteiger charge is 2.32. The van der Waals surface area contributed by atoms with E-state index in [1.165, 1.54) is 5.56 Å². The summed E-state index contributed by atoms with van der Waals surface area (Å²) in [6.07, 6.45) is -0.209. The van der Waals surface area contributed by atoms with Gasteiger partial charge in [-0.2, -0.15) is 0 Å². The molecule has 71 heavy (non-hydrogen) atoms. The van der Waals surface area contributed by atoms with E-state index >= 15 is 0 Å². The third kappa shape index (κ3) is 24.2. The molecule has 0 aliphatic rings. The maximum absolute atomic E-state index is 14.2. The molecule has 0 bridgehead atoms. The smallest absolute Gasteiger partial charge is 0.407 e. The molecule has 2 rings (SSSR count). The van der Waals surface area contributed by atoms with Gasteiger partial charge in [0.15, 0.2) is 6.17 Å². The van der Waals surface area contributed by atoms with Crippen molar-refractivity contribution >= 4 is 53.4 Å². The van der Waals surface area contributed by atoms with Gasteiger partial charge in [0.2, 0.25) is 17.7 Å². The van der Waals surface area contributed by atoms with Crippen molar-refractivity contribution in [3.05, 3.63) is 59.7 Å². The maximum Gasteiger partial charge on any atom is 0.407 e. The molecule has 0 saturated heterocycles. The average Bonchev–Trinajstić information content (AvgIpc) is 3.27. The topological polar surface area (TPSA) is 334 Å². The van der Waals surface area contributed by atoms with Crippen LogP contribution >= 0.6 is 0 Å². The number of nitrogens with two attached hydrogens (primary N) is 3. The van der Waals surface area contributed by atoms with E-state index in [0.717, 1.165) is 30.4 Å². The van der Waals surface area contributed by atoms with E-state index in [4.69, 9.17) is 26.7 Å². The number of hydrogen-bond donors (Lipinski definition) is 10. The van der Waals surface area contributed by atoms with Crippen molar-refractivity contribution in [3.63, 3.8) is 0 Å². The Kier molecular flexibility index (Phi) is 25.2. The van der Waals surface area contributed by atoms with Crippen LogP contribution in [0, 0.1) is 5.92 Å². The van der Waals surface area contributed by atoms with Gasteiger partial charge in [-0.3, -0.25) is 33.6 Å². The van der Waals surface area contributed by atoms with Gasteiger partial charge in [0.25, 0.3) is 23.5 Å². The molecule has 5 atom stereocenters. The fourth-order valence-corrected chi connectivity index (χ4v) is 6.82. The zero-order chi connectivity index (χ0) is 53.5. The summed E-state index contributed by atoms with van der Waals surface area (Å²) in [5, 5.41) is 17.7. The van der Waals surface area contributed by atoms with Crippen molar-refractivity contribution in [1.82, 2.24) is 37.2 Å². The number of unbranched alkanes of at least 4 members (excludes halogenated alkanes) is 3. The van der Waals surface area contributed by atoms with E-state index in [0.29, 0.717) is 19.3 Å². The summed E-state index contributed by atoms with van der Waals surface area (Å²) in [6, 6.07) is 11.3. The first kappa shape index (κ1) is 60.5. The van der Waals surface area contributed by atoms with Gasteiger partial charge < -0.3 is 63.9 Å². The highest BCUT2D eigenvalue weighted by atomic mass is 16.6. The van der Waals surface area contributed by atoms with Crippen LogP contribution in [0.4, 0.5) is 9.59 Å². The number of aryl methyl sites for hydroxylation is 1. The summed E-state index contributed by atoms with van der Waals surface area (Å²) in [5.74, 6) is -6.95. The zero-order valence-electron chi connectivity index (χ0n) is 42.8. The van der Waals surface area contributed by atoms with Gasteiger partial charge in [-0.05, 0) is 134 Å². The van der Waals surface area contributed by atoms with Crippen LogP contribution in [0.5, 0.6) is 0 Å². The van der Waals surface area contributed by atoms with E-state index in [2.05, 4.69) is 56.3 Å². The highest BCUT2D eigenvalue weighted by molar-refractivity contribution is 6.37. The molecule has 0 aliphatic heterocycles. The van der Waals surface area contributed by atoms with Gasteiger partial charge in [0.05, 0.1) is 0 Å². The molecule has 2 aromatic carbocycles. The monoisotopic (exact) mass is 995 g/mol. The van der Waals surface area contributed by atoms with Crippen molar-refractivity contribution in [2.24, 2.45) is 23.1 Å². The van der Waals surface area contributed by atoms with Crippen LogP contribution in [0.2, 0.25) is 0 Å². The van der Waals surface area contributed by atoms with Gasteiger partial charge in [0.1, 0.15) is 35.5 Å².